The van der Waals surface area contributed by atoms with Gasteiger partial charge in [0.05, 0.1) is 7.11 Å². The van der Waals surface area contributed by atoms with E-state index < -0.39 is 0 Å². The van der Waals surface area contributed by atoms with Crippen molar-refractivity contribution in [1.29, 1.82) is 0 Å². The second-order valence-corrected chi connectivity index (χ2v) is 2.86. The van der Waals surface area contributed by atoms with Gasteiger partial charge in [-0.2, -0.15) is 0 Å². The summed E-state index contributed by atoms with van der Waals surface area (Å²) in [6.07, 6.45) is 0.826. The van der Waals surface area contributed by atoms with E-state index in [-0.39, 0.29) is 6.09 Å². The number of carbonyl (C=O) groups is 1. The molecule has 0 fully saturated rings. The van der Waals surface area contributed by atoms with Crippen molar-refractivity contribution in [2.45, 2.75) is 20.3 Å². The van der Waals surface area contributed by atoms with Crippen molar-refractivity contribution in [2.75, 3.05) is 20.7 Å². The van der Waals surface area contributed by atoms with E-state index in [0.717, 1.165) is 13.0 Å². The highest BCUT2D eigenvalue weighted by molar-refractivity contribution is 5.66. The third-order valence-corrected chi connectivity index (χ3v) is 1.77. The highest BCUT2D eigenvalue weighted by Crippen LogP contribution is 2.02. The van der Waals surface area contributed by atoms with Crippen LogP contribution in [0.15, 0.2) is 0 Å². The van der Waals surface area contributed by atoms with Gasteiger partial charge >= 0.3 is 6.09 Å². The predicted molar refractivity (Wildman–Crippen MR) is 44.5 cm³/mol. The quantitative estimate of drug-likeness (QED) is 0.627. The third kappa shape index (κ3) is 3.86. The number of hydrogen-bond acceptors (Lipinski definition) is 2. The van der Waals surface area contributed by atoms with E-state index in [0.29, 0.717) is 5.92 Å². The van der Waals surface area contributed by atoms with Crippen molar-refractivity contribution in [3.63, 3.8) is 0 Å². The van der Waals surface area contributed by atoms with E-state index >= 15 is 0 Å². The molecule has 0 aliphatic rings. The number of rotatable bonds is 3. The molecule has 0 spiro atoms. The van der Waals surface area contributed by atoms with Crippen LogP contribution in [0.5, 0.6) is 0 Å². The lowest BCUT2D eigenvalue weighted by Crippen LogP contribution is -2.30. The Bertz CT molecular complexity index is 125. The summed E-state index contributed by atoms with van der Waals surface area (Å²) in [5.41, 5.74) is 0. The molecule has 11 heavy (non-hydrogen) atoms. The summed E-state index contributed by atoms with van der Waals surface area (Å²) in [4.78, 5) is 12.5. The Morgan fingerprint density at radius 3 is 2.55 bits per heavy atom. The first kappa shape index (κ1) is 10.3. The second kappa shape index (κ2) is 4.99. The highest BCUT2D eigenvalue weighted by atomic mass is 16.5. The first-order valence-electron chi connectivity index (χ1n) is 3.90. The van der Waals surface area contributed by atoms with Gasteiger partial charge in [-0.15, -0.1) is 0 Å². The number of nitrogens with zero attached hydrogens (tertiary/aromatic N) is 1. The van der Waals surface area contributed by atoms with Crippen LogP contribution < -0.4 is 0 Å². The Balaban J connectivity index is 3.67. The lowest BCUT2D eigenvalue weighted by Gasteiger charge is -2.18. The second-order valence-electron chi connectivity index (χ2n) is 2.86. The molecule has 0 aromatic heterocycles. The first-order chi connectivity index (χ1) is 5.11. The van der Waals surface area contributed by atoms with Gasteiger partial charge in [-0.25, -0.2) is 4.79 Å². The number of hydrogen-bond donors (Lipinski definition) is 0. The average molecular weight is 159 g/mol. The zero-order valence-electron chi connectivity index (χ0n) is 7.76. The van der Waals surface area contributed by atoms with Gasteiger partial charge in [0.15, 0.2) is 0 Å². The number of methoxy groups -OCH3 is 1. The van der Waals surface area contributed by atoms with Crippen molar-refractivity contribution in [3.8, 4) is 0 Å². The van der Waals surface area contributed by atoms with Gasteiger partial charge < -0.3 is 9.64 Å². The fraction of sp³-hybridized carbons (Fsp3) is 0.875. The van der Waals surface area contributed by atoms with Crippen LogP contribution in [0.3, 0.4) is 0 Å². The summed E-state index contributed by atoms with van der Waals surface area (Å²) < 4.78 is 4.54. The van der Waals surface area contributed by atoms with Gasteiger partial charge in [-0.05, 0) is 5.92 Å². The van der Waals surface area contributed by atoms with Gasteiger partial charge in [-0.3, -0.25) is 0 Å². The Hall–Kier alpha value is -0.730. The fourth-order valence-electron chi connectivity index (χ4n) is 0.827. The number of amides is 1. The largest absolute Gasteiger partial charge is 0.453 e. The molecule has 0 unspecified atom stereocenters. The molecule has 0 aromatic rings. The monoisotopic (exact) mass is 159 g/mol. The van der Waals surface area contributed by atoms with Crippen LogP contribution in [0, 0.1) is 5.92 Å². The lowest BCUT2D eigenvalue weighted by atomic mass is 10.1. The van der Waals surface area contributed by atoms with Crippen LogP contribution >= 0.6 is 0 Å². The molecule has 3 nitrogen and oxygen atoms in total. The fourth-order valence-corrected chi connectivity index (χ4v) is 0.827. The van der Waals surface area contributed by atoms with E-state index in [1.165, 1.54) is 7.11 Å². The van der Waals surface area contributed by atoms with Crippen LogP contribution in [0.25, 0.3) is 0 Å². The Morgan fingerprint density at radius 1 is 1.64 bits per heavy atom. The van der Waals surface area contributed by atoms with Crippen molar-refractivity contribution in [3.05, 3.63) is 0 Å². The minimum atomic E-state index is -0.259. The zero-order valence-corrected chi connectivity index (χ0v) is 7.76. The van der Waals surface area contributed by atoms with E-state index in [9.17, 15) is 4.79 Å². The smallest absolute Gasteiger partial charge is 0.409 e. The SMILES string of the molecule is CC[C@H](C)CN(C)C(=O)OC. The average Bonchev–Trinajstić information content (AvgIpc) is 2.02. The maximum absolute atomic E-state index is 10.9. The molecule has 0 rings (SSSR count). The summed E-state index contributed by atoms with van der Waals surface area (Å²) >= 11 is 0. The van der Waals surface area contributed by atoms with Crippen LogP contribution in [-0.2, 0) is 4.74 Å². The molecule has 0 saturated carbocycles. The molecule has 0 aliphatic heterocycles. The van der Waals surface area contributed by atoms with Gasteiger partial charge in [-0.1, -0.05) is 20.3 Å². The number of ether oxygens (including phenoxy) is 1. The minimum absolute atomic E-state index is 0.259. The molecule has 0 aliphatic carbocycles. The molecule has 0 bridgehead atoms. The molecule has 1 amide bonds. The maximum Gasteiger partial charge on any atom is 0.409 e. The molecule has 0 heterocycles. The molecule has 3 heteroatoms. The van der Waals surface area contributed by atoms with E-state index in [4.69, 9.17) is 0 Å². The predicted octanol–water partition coefficient (Wildman–Crippen LogP) is 1.73. The molecule has 66 valence electrons. The van der Waals surface area contributed by atoms with Crippen molar-refractivity contribution in [1.82, 2.24) is 4.90 Å². The molecule has 0 N–H and O–H groups in total. The van der Waals surface area contributed by atoms with Crippen LogP contribution in [0.1, 0.15) is 20.3 Å². The topological polar surface area (TPSA) is 29.5 Å². The van der Waals surface area contributed by atoms with Crippen LogP contribution in [0.4, 0.5) is 4.79 Å². The normalized spacial score (nSPS) is 12.4. The summed E-state index contributed by atoms with van der Waals surface area (Å²) in [5.74, 6) is 0.541. The van der Waals surface area contributed by atoms with E-state index in [1.54, 1.807) is 11.9 Å². The summed E-state index contributed by atoms with van der Waals surface area (Å²) in [6, 6.07) is 0. The standard InChI is InChI=1S/C8H17NO2/c1-5-7(2)6-9(3)8(10)11-4/h7H,5-6H2,1-4H3/t7-/m0/s1. The molecule has 0 radical (unpaired) electrons. The Kier molecular flexibility index (Phi) is 4.66. The molecular formula is C8H17NO2. The molecule has 0 saturated heterocycles. The van der Waals surface area contributed by atoms with Crippen LogP contribution in [0.2, 0.25) is 0 Å². The third-order valence-electron chi connectivity index (χ3n) is 1.77. The summed E-state index contributed by atoms with van der Waals surface area (Å²) in [5, 5.41) is 0. The maximum atomic E-state index is 10.9. The van der Waals surface area contributed by atoms with Gasteiger partial charge in [0, 0.05) is 13.6 Å². The van der Waals surface area contributed by atoms with Crippen molar-refractivity contribution < 1.29 is 9.53 Å². The minimum Gasteiger partial charge on any atom is -0.453 e. The van der Waals surface area contributed by atoms with Gasteiger partial charge in [0.2, 0.25) is 0 Å². The van der Waals surface area contributed by atoms with Crippen LogP contribution in [-0.4, -0.2) is 31.7 Å². The zero-order chi connectivity index (χ0) is 8.85. The van der Waals surface area contributed by atoms with Crippen molar-refractivity contribution in [2.24, 2.45) is 5.92 Å². The Morgan fingerprint density at radius 2 is 2.18 bits per heavy atom. The molecule has 1 atom stereocenters. The van der Waals surface area contributed by atoms with Gasteiger partial charge in [0.1, 0.15) is 0 Å². The molecular weight excluding hydrogens is 142 g/mol. The summed E-state index contributed by atoms with van der Waals surface area (Å²) in [6.45, 7) is 4.98. The summed E-state index contributed by atoms with van der Waals surface area (Å²) in [7, 11) is 3.15. The van der Waals surface area contributed by atoms with E-state index in [1.807, 2.05) is 0 Å². The lowest BCUT2D eigenvalue weighted by molar-refractivity contribution is 0.128. The Labute approximate surface area is 68.3 Å². The molecule has 0 aromatic carbocycles. The first-order valence-corrected chi connectivity index (χ1v) is 3.90. The van der Waals surface area contributed by atoms with Crippen molar-refractivity contribution >= 4 is 6.09 Å². The van der Waals surface area contributed by atoms with E-state index in [2.05, 4.69) is 18.6 Å². The van der Waals surface area contributed by atoms with Gasteiger partial charge in [0.25, 0.3) is 0 Å². The highest BCUT2D eigenvalue weighted by Gasteiger charge is 2.10. The number of carbonyl (C=O) groups excluding carboxylic acids is 1.